The highest BCUT2D eigenvalue weighted by atomic mass is 16.1. The largest absolute Gasteiger partial charge is 0.326 e. The van der Waals surface area contributed by atoms with Gasteiger partial charge in [-0.2, -0.15) is 5.26 Å². The van der Waals surface area contributed by atoms with Crippen LogP contribution in [0.5, 0.6) is 0 Å². The van der Waals surface area contributed by atoms with Crippen molar-refractivity contribution in [2.75, 3.05) is 38.0 Å². The minimum Gasteiger partial charge on any atom is -0.326 e. The van der Waals surface area contributed by atoms with E-state index in [2.05, 4.69) is 21.6 Å². The Morgan fingerprint density at radius 2 is 2.21 bits per heavy atom. The van der Waals surface area contributed by atoms with E-state index in [1.807, 2.05) is 0 Å². The first kappa shape index (κ1) is 13.5. The molecule has 0 aromatic heterocycles. The molecule has 1 fully saturated rings. The summed E-state index contributed by atoms with van der Waals surface area (Å²) in [6.45, 7) is 4.76. The Kier molecular flexibility index (Phi) is 4.90. The molecule has 5 heteroatoms. The molecule has 1 saturated heterocycles. The van der Waals surface area contributed by atoms with Crippen molar-refractivity contribution in [3.8, 4) is 6.07 Å². The number of piperazine rings is 1. The molecule has 1 aromatic rings. The highest BCUT2D eigenvalue weighted by Gasteiger charge is 2.11. The van der Waals surface area contributed by atoms with Crippen molar-refractivity contribution in [3.63, 3.8) is 0 Å². The Bertz CT molecular complexity index is 475. The molecule has 2 rings (SSSR count). The summed E-state index contributed by atoms with van der Waals surface area (Å²) >= 11 is 0. The third-order valence-electron chi connectivity index (χ3n) is 3.14. The fraction of sp³-hybridized carbons (Fsp3) is 0.429. The molecule has 1 aliphatic rings. The van der Waals surface area contributed by atoms with E-state index in [9.17, 15) is 4.79 Å². The van der Waals surface area contributed by atoms with Crippen LogP contribution in [0.4, 0.5) is 5.69 Å². The first-order valence-corrected chi connectivity index (χ1v) is 6.51. The SMILES string of the molecule is N#Cc1cccc(NC(=O)CCN2CCNCC2)c1. The molecular weight excluding hydrogens is 240 g/mol. The third kappa shape index (κ3) is 4.36. The molecule has 0 saturated carbocycles. The number of nitriles is 1. The molecule has 0 aliphatic carbocycles. The average molecular weight is 258 g/mol. The molecule has 100 valence electrons. The summed E-state index contributed by atoms with van der Waals surface area (Å²) in [4.78, 5) is 14.1. The molecule has 0 atom stereocenters. The lowest BCUT2D eigenvalue weighted by atomic mass is 10.2. The predicted molar refractivity (Wildman–Crippen MR) is 73.7 cm³/mol. The van der Waals surface area contributed by atoms with E-state index in [-0.39, 0.29) is 5.91 Å². The van der Waals surface area contributed by atoms with Crippen molar-refractivity contribution in [1.29, 1.82) is 5.26 Å². The van der Waals surface area contributed by atoms with Crippen LogP contribution in [0.15, 0.2) is 24.3 Å². The van der Waals surface area contributed by atoms with Crippen LogP contribution in [-0.2, 0) is 4.79 Å². The average Bonchev–Trinajstić information content (AvgIpc) is 2.46. The van der Waals surface area contributed by atoms with Gasteiger partial charge in [0.15, 0.2) is 0 Å². The maximum absolute atomic E-state index is 11.8. The predicted octanol–water partition coefficient (Wildman–Crippen LogP) is 0.792. The van der Waals surface area contributed by atoms with Crippen LogP contribution in [-0.4, -0.2) is 43.5 Å². The van der Waals surface area contributed by atoms with E-state index in [1.165, 1.54) is 0 Å². The number of amides is 1. The zero-order valence-corrected chi connectivity index (χ0v) is 10.9. The van der Waals surface area contributed by atoms with Gasteiger partial charge in [0.2, 0.25) is 5.91 Å². The second-order valence-corrected chi connectivity index (χ2v) is 4.58. The smallest absolute Gasteiger partial charge is 0.225 e. The van der Waals surface area contributed by atoms with Crippen LogP contribution in [0, 0.1) is 11.3 Å². The highest BCUT2D eigenvalue weighted by molar-refractivity contribution is 5.90. The first-order chi connectivity index (χ1) is 9.28. The van der Waals surface area contributed by atoms with Gasteiger partial charge >= 0.3 is 0 Å². The monoisotopic (exact) mass is 258 g/mol. The number of anilines is 1. The highest BCUT2D eigenvalue weighted by Crippen LogP contribution is 2.10. The number of carbonyl (C=O) groups is 1. The van der Waals surface area contributed by atoms with Crippen molar-refractivity contribution >= 4 is 11.6 Å². The zero-order valence-electron chi connectivity index (χ0n) is 10.9. The molecule has 0 bridgehead atoms. The summed E-state index contributed by atoms with van der Waals surface area (Å²) in [5.74, 6) is -0.00591. The van der Waals surface area contributed by atoms with Crippen molar-refractivity contribution in [3.05, 3.63) is 29.8 Å². The summed E-state index contributed by atoms with van der Waals surface area (Å²) < 4.78 is 0. The fourth-order valence-corrected chi connectivity index (χ4v) is 2.08. The molecule has 1 aromatic carbocycles. The molecular formula is C14H18N4O. The Morgan fingerprint density at radius 1 is 1.42 bits per heavy atom. The van der Waals surface area contributed by atoms with Crippen molar-refractivity contribution in [2.45, 2.75) is 6.42 Å². The fourth-order valence-electron chi connectivity index (χ4n) is 2.08. The van der Waals surface area contributed by atoms with Crippen molar-refractivity contribution in [2.24, 2.45) is 0 Å². The van der Waals surface area contributed by atoms with Crippen LogP contribution >= 0.6 is 0 Å². The first-order valence-electron chi connectivity index (χ1n) is 6.51. The number of nitrogens with zero attached hydrogens (tertiary/aromatic N) is 2. The lowest BCUT2D eigenvalue weighted by Crippen LogP contribution is -2.44. The summed E-state index contributed by atoms with van der Waals surface area (Å²) in [5, 5.41) is 14.9. The number of hydrogen-bond acceptors (Lipinski definition) is 4. The summed E-state index contributed by atoms with van der Waals surface area (Å²) in [5.41, 5.74) is 1.24. The Balaban J connectivity index is 1.78. The summed E-state index contributed by atoms with van der Waals surface area (Å²) in [6.07, 6.45) is 0.483. The normalized spacial score (nSPS) is 15.7. The maximum atomic E-state index is 11.8. The number of carbonyl (C=O) groups excluding carboxylic acids is 1. The second-order valence-electron chi connectivity index (χ2n) is 4.58. The lowest BCUT2D eigenvalue weighted by Gasteiger charge is -2.26. The third-order valence-corrected chi connectivity index (χ3v) is 3.14. The van der Waals surface area contributed by atoms with E-state index in [0.717, 1.165) is 32.7 Å². The van der Waals surface area contributed by atoms with Crippen LogP contribution in [0.3, 0.4) is 0 Å². The van der Waals surface area contributed by atoms with Gasteiger partial charge in [-0.25, -0.2) is 0 Å². The Morgan fingerprint density at radius 3 is 2.95 bits per heavy atom. The zero-order chi connectivity index (χ0) is 13.5. The van der Waals surface area contributed by atoms with E-state index in [1.54, 1.807) is 24.3 Å². The minimum atomic E-state index is -0.00591. The number of rotatable bonds is 4. The van der Waals surface area contributed by atoms with Gasteiger partial charge in [0.1, 0.15) is 0 Å². The van der Waals surface area contributed by atoms with Crippen molar-refractivity contribution < 1.29 is 4.79 Å². The molecule has 0 spiro atoms. The quantitative estimate of drug-likeness (QED) is 0.838. The van der Waals surface area contributed by atoms with Crippen LogP contribution < -0.4 is 10.6 Å². The molecule has 1 amide bonds. The molecule has 5 nitrogen and oxygen atoms in total. The molecule has 19 heavy (non-hydrogen) atoms. The van der Waals surface area contributed by atoms with Crippen molar-refractivity contribution in [1.82, 2.24) is 10.2 Å². The van der Waals surface area contributed by atoms with Gasteiger partial charge in [-0.05, 0) is 18.2 Å². The van der Waals surface area contributed by atoms with E-state index >= 15 is 0 Å². The van der Waals surface area contributed by atoms with Crippen LogP contribution in [0.2, 0.25) is 0 Å². The van der Waals surface area contributed by atoms with Crippen LogP contribution in [0.1, 0.15) is 12.0 Å². The van der Waals surface area contributed by atoms with E-state index < -0.39 is 0 Å². The van der Waals surface area contributed by atoms with Gasteiger partial charge in [0.05, 0.1) is 11.6 Å². The Labute approximate surface area is 113 Å². The summed E-state index contributed by atoms with van der Waals surface area (Å²) in [7, 11) is 0. The van der Waals surface area contributed by atoms with Gasteiger partial charge in [0.25, 0.3) is 0 Å². The number of benzene rings is 1. The topological polar surface area (TPSA) is 68.2 Å². The van der Waals surface area contributed by atoms with E-state index in [4.69, 9.17) is 5.26 Å². The second kappa shape index (κ2) is 6.88. The standard InChI is InChI=1S/C14H18N4O/c15-11-12-2-1-3-13(10-12)17-14(19)4-7-18-8-5-16-6-9-18/h1-3,10,16H,4-9H2,(H,17,19). The minimum absolute atomic E-state index is 0.00591. The lowest BCUT2D eigenvalue weighted by molar-refractivity contribution is -0.116. The maximum Gasteiger partial charge on any atom is 0.225 e. The summed E-state index contributed by atoms with van der Waals surface area (Å²) in [6, 6.07) is 9.02. The van der Waals surface area contributed by atoms with Gasteiger partial charge < -0.3 is 15.5 Å². The van der Waals surface area contributed by atoms with Gasteiger partial charge in [-0.15, -0.1) is 0 Å². The van der Waals surface area contributed by atoms with Gasteiger partial charge in [-0.1, -0.05) is 6.07 Å². The van der Waals surface area contributed by atoms with E-state index in [0.29, 0.717) is 17.7 Å². The molecule has 0 radical (unpaired) electrons. The van der Waals surface area contributed by atoms with Crippen LogP contribution in [0.25, 0.3) is 0 Å². The Hall–Kier alpha value is -1.90. The van der Waals surface area contributed by atoms with Gasteiger partial charge in [-0.3, -0.25) is 4.79 Å². The molecule has 1 heterocycles. The molecule has 1 aliphatic heterocycles. The molecule has 2 N–H and O–H groups in total. The number of nitrogens with one attached hydrogen (secondary N) is 2. The molecule has 0 unspecified atom stereocenters. The number of hydrogen-bond donors (Lipinski definition) is 2. The van der Waals surface area contributed by atoms with Gasteiger partial charge in [0, 0.05) is 44.8 Å².